The molecule has 1 aromatic carbocycles. The van der Waals surface area contributed by atoms with E-state index < -0.39 is 0 Å². The number of aromatic nitrogens is 4. The van der Waals surface area contributed by atoms with Crippen LogP contribution in [0.5, 0.6) is 0 Å². The summed E-state index contributed by atoms with van der Waals surface area (Å²) in [5.74, 6) is 1.20. The molecule has 1 aliphatic heterocycles. The van der Waals surface area contributed by atoms with Crippen molar-refractivity contribution in [3.63, 3.8) is 0 Å². The van der Waals surface area contributed by atoms with Crippen LogP contribution in [0.15, 0.2) is 29.0 Å². The van der Waals surface area contributed by atoms with Gasteiger partial charge in [-0.25, -0.2) is 4.98 Å². The van der Waals surface area contributed by atoms with Crippen molar-refractivity contribution in [3.8, 4) is 0 Å². The molecule has 126 valence electrons. The highest BCUT2D eigenvalue weighted by Crippen LogP contribution is 2.25. The highest BCUT2D eigenvalue weighted by Gasteiger charge is 2.30. The molecule has 1 aliphatic rings. The summed E-state index contributed by atoms with van der Waals surface area (Å²) in [4.78, 5) is 11.1. The van der Waals surface area contributed by atoms with Gasteiger partial charge in [0.1, 0.15) is 6.10 Å². The Labute approximate surface area is 140 Å². The molecule has 0 saturated carbocycles. The minimum Gasteiger partial charge on any atom is -0.363 e. The molecule has 1 fully saturated rings. The lowest BCUT2D eigenvalue weighted by Crippen LogP contribution is -2.42. The Kier molecular flexibility index (Phi) is 3.82. The standard InChI is InChI=1S/C17H21N5O2/c1-11-7-22(9-16(23-11)17-19-12(2)20-24-17)8-13-4-5-15-14(6-13)18-10-21(15)3/h4-6,10-11,16H,7-9H2,1-3H3/t11-,16-/m1/s1. The van der Waals surface area contributed by atoms with Gasteiger partial charge in [-0.3, -0.25) is 4.90 Å². The molecular formula is C17H21N5O2. The molecule has 0 spiro atoms. The molecule has 2 atom stereocenters. The SMILES string of the molecule is Cc1noc([C@H]2CN(Cc3ccc4c(c3)ncn4C)C[C@@H](C)O2)n1. The lowest BCUT2D eigenvalue weighted by molar-refractivity contribution is -0.0930. The molecule has 3 heterocycles. The van der Waals surface area contributed by atoms with E-state index in [0.717, 1.165) is 30.7 Å². The van der Waals surface area contributed by atoms with Crippen LogP contribution in [-0.4, -0.2) is 43.8 Å². The number of imidazole rings is 1. The lowest BCUT2D eigenvalue weighted by Gasteiger charge is -2.35. The molecular weight excluding hydrogens is 306 g/mol. The van der Waals surface area contributed by atoms with Crippen molar-refractivity contribution in [1.82, 2.24) is 24.6 Å². The topological polar surface area (TPSA) is 69.2 Å². The van der Waals surface area contributed by atoms with Crippen molar-refractivity contribution in [2.75, 3.05) is 13.1 Å². The van der Waals surface area contributed by atoms with E-state index >= 15 is 0 Å². The summed E-state index contributed by atoms with van der Waals surface area (Å²) in [5, 5.41) is 3.87. The largest absolute Gasteiger partial charge is 0.363 e. The third-order valence-corrected chi connectivity index (χ3v) is 4.35. The molecule has 0 N–H and O–H groups in total. The van der Waals surface area contributed by atoms with Gasteiger partial charge in [0.25, 0.3) is 5.89 Å². The minimum absolute atomic E-state index is 0.120. The Morgan fingerprint density at radius 1 is 1.29 bits per heavy atom. The number of fused-ring (bicyclic) bond motifs is 1. The number of nitrogens with zero attached hydrogens (tertiary/aromatic N) is 5. The average Bonchev–Trinajstić information content (AvgIpc) is 3.13. The van der Waals surface area contributed by atoms with E-state index in [1.165, 1.54) is 5.56 Å². The van der Waals surface area contributed by atoms with E-state index in [9.17, 15) is 0 Å². The number of ether oxygens (including phenoxy) is 1. The molecule has 4 rings (SSSR count). The van der Waals surface area contributed by atoms with Gasteiger partial charge in [0.15, 0.2) is 5.82 Å². The highest BCUT2D eigenvalue weighted by molar-refractivity contribution is 5.75. The third-order valence-electron chi connectivity index (χ3n) is 4.35. The molecule has 7 heteroatoms. The Bertz CT molecular complexity index is 856. The minimum atomic E-state index is -0.173. The molecule has 0 amide bonds. The van der Waals surface area contributed by atoms with Crippen LogP contribution in [0.3, 0.4) is 0 Å². The van der Waals surface area contributed by atoms with Gasteiger partial charge in [-0.1, -0.05) is 11.2 Å². The second kappa shape index (κ2) is 5.99. The van der Waals surface area contributed by atoms with Crippen LogP contribution in [0.25, 0.3) is 11.0 Å². The second-order valence-corrected chi connectivity index (χ2v) is 6.49. The fraction of sp³-hybridized carbons (Fsp3) is 0.471. The van der Waals surface area contributed by atoms with Crippen molar-refractivity contribution in [2.24, 2.45) is 7.05 Å². The van der Waals surface area contributed by atoms with E-state index in [1.54, 1.807) is 0 Å². The Morgan fingerprint density at radius 2 is 2.17 bits per heavy atom. The summed E-state index contributed by atoms with van der Waals surface area (Å²) in [5.41, 5.74) is 3.42. The van der Waals surface area contributed by atoms with Crippen molar-refractivity contribution in [2.45, 2.75) is 32.6 Å². The third kappa shape index (κ3) is 2.92. The Morgan fingerprint density at radius 3 is 2.96 bits per heavy atom. The number of hydrogen-bond donors (Lipinski definition) is 0. The number of aryl methyl sites for hydroxylation is 2. The van der Waals surface area contributed by atoms with Crippen LogP contribution < -0.4 is 0 Å². The maximum Gasteiger partial charge on any atom is 0.257 e. The van der Waals surface area contributed by atoms with E-state index in [1.807, 2.05) is 24.9 Å². The van der Waals surface area contributed by atoms with Crippen LogP contribution in [0.2, 0.25) is 0 Å². The van der Waals surface area contributed by atoms with Crippen LogP contribution in [0, 0.1) is 6.92 Å². The van der Waals surface area contributed by atoms with Gasteiger partial charge < -0.3 is 13.8 Å². The zero-order valence-corrected chi connectivity index (χ0v) is 14.1. The van der Waals surface area contributed by atoms with Crippen LogP contribution in [0.4, 0.5) is 0 Å². The monoisotopic (exact) mass is 327 g/mol. The van der Waals surface area contributed by atoms with Crippen LogP contribution >= 0.6 is 0 Å². The first-order valence-electron chi connectivity index (χ1n) is 8.16. The van der Waals surface area contributed by atoms with Gasteiger partial charge in [-0.2, -0.15) is 4.98 Å². The molecule has 24 heavy (non-hydrogen) atoms. The van der Waals surface area contributed by atoms with Gasteiger partial charge in [0.2, 0.25) is 0 Å². The molecule has 0 bridgehead atoms. The maximum atomic E-state index is 5.97. The van der Waals surface area contributed by atoms with Crippen molar-refractivity contribution >= 4 is 11.0 Å². The van der Waals surface area contributed by atoms with Crippen molar-refractivity contribution in [3.05, 3.63) is 41.8 Å². The molecule has 3 aromatic rings. The first-order chi connectivity index (χ1) is 11.6. The Balaban J connectivity index is 1.51. The first-order valence-corrected chi connectivity index (χ1v) is 8.16. The quantitative estimate of drug-likeness (QED) is 0.735. The summed E-state index contributed by atoms with van der Waals surface area (Å²) >= 11 is 0. The van der Waals surface area contributed by atoms with Crippen LogP contribution in [-0.2, 0) is 18.3 Å². The highest BCUT2D eigenvalue weighted by atomic mass is 16.5. The molecule has 0 unspecified atom stereocenters. The van der Waals surface area contributed by atoms with Gasteiger partial charge in [-0.05, 0) is 31.5 Å². The summed E-state index contributed by atoms with van der Waals surface area (Å²) in [6.07, 6.45) is 1.79. The maximum absolute atomic E-state index is 5.97. The van der Waals surface area contributed by atoms with Gasteiger partial charge >= 0.3 is 0 Å². The Hall–Kier alpha value is -2.25. The number of benzene rings is 1. The summed E-state index contributed by atoms with van der Waals surface area (Å²) in [6, 6.07) is 6.44. The average molecular weight is 327 g/mol. The number of hydrogen-bond acceptors (Lipinski definition) is 6. The molecule has 0 radical (unpaired) electrons. The zero-order chi connectivity index (χ0) is 16.7. The number of morpholine rings is 1. The fourth-order valence-corrected chi connectivity index (χ4v) is 3.29. The predicted octanol–water partition coefficient (Wildman–Crippen LogP) is 2.23. The van der Waals surface area contributed by atoms with Crippen molar-refractivity contribution in [1.29, 1.82) is 0 Å². The van der Waals surface area contributed by atoms with E-state index in [2.05, 4.69) is 45.1 Å². The van der Waals surface area contributed by atoms with Gasteiger partial charge in [0, 0.05) is 26.7 Å². The zero-order valence-electron chi connectivity index (χ0n) is 14.1. The normalized spacial score (nSPS) is 22.3. The van der Waals surface area contributed by atoms with E-state index in [4.69, 9.17) is 9.26 Å². The molecule has 0 aliphatic carbocycles. The summed E-state index contributed by atoms with van der Waals surface area (Å²) in [7, 11) is 2.01. The van der Waals surface area contributed by atoms with Crippen molar-refractivity contribution < 1.29 is 9.26 Å². The van der Waals surface area contributed by atoms with Gasteiger partial charge in [-0.15, -0.1) is 0 Å². The predicted molar refractivity (Wildman–Crippen MR) is 88.3 cm³/mol. The van der Waals surface area contributed by atoms with Crippen LogP contribution in [0.1, 0.15) is 30.3 Å². The smallest absolute Gasteiger partial charge is 0.257 e. The van der Waals surface area contributed by atoms with E-state index in [-0.39, 0.29) is 12.2 Å². The van der Waals surface area contributed by atoms with Gasteiger partial charge in [0.05, 0.1) is 23.5 Å². The first kappa shape index (κ1) is 15.3. The molecule has 7 nitrogen and oxygen atoms in total. The second-order valence-electron chi connectivity index (χ2n) is 6.49. The summed E-state index contributed by atoms with van der Waals surface area (Å²) in [6.45, 7) is 6.36. The van der Waals surface area contributed by atoms with E-state index in [0.29, 0.717) is 11.7 Å². The lowest BCUT2D eigenvalue weighted by atomic mass is 10.1. The molecule has 1 saturated heterocycles. The summed E-state index contributed by atoms with van der Waals surface area (Å²) < 4.78 is 13.3. The molecule has 2 aromatic heterocycles. The fourth-order valence-electron chi connectivity index (χ4n) is 3.29. The number of rotatable bonds is 3.